The van der Waals surface area contributed by atoms with Crippen LogP contribution in [0, 0.1) is 0 Å². The van der Waals surface area contributed by atoms with Crippen LogP contribution in [-0.2, 0) is 20.9 Å². The predicted octanol–water partition coefficient (Wildman–Crippen LogP) is 3.56. The number of benzene rings is 2. The van der Waals surface area contributed by atoms with Crippen molar-refractivity contribution in [2.24, 2.45) is 0 Å². The van der Waals surface area contributed by atoms with Gasteiger partial charge < -0.3 is 9.64 Å². The highest BCUT2D eigenvalue weighted by Crippen LogP contribution is 2.12. The summed E-state index contributed by atoms with van der Waals surface area (Å²) in [6.07, 6.45) is 3.17. The first-order valence-electron chi connectivity index (χ1n) is 7.42. The van der Waals surface area contributed by atoms with Crippen LogP contribution in [0.3, 0.4) is 0 Å². The van der Waals surface area contributed by atoms with Crippen molar-refractivity contribution in [2.75, 3.05) is 13.7 Å². The zero-order chi connectivity index (χ0) is 17.4. The number of amides is 1. The number of hydrogen-bond acceptors (Lipinski definition) is 3. The highest BCUT2D eigenvalue weighted by molar-refractivity contribution is 6.30. The lowest BCUT2D eigenvalue weighted by Crippen LogP contribution is -2.34. The molecule has 0 spiro atoms. The third kappa shape index (κ3) is 5.56. The van der Waals surface area contributed by atoms with Crippen molar-refractivity contribution in [1.29, 1.82) is 0 Å². The van der Waals surface area contributed by atoms with E-state index in [0.717, 1.165) is 11.1 Å². The Balaban J connectivity index is 2.12. The summed E-state index contributed by atoms with van der Waals surface area (Å²) in [5.74, 6) is -0.732. The average Bonchev–Trinajstić information content (AvgIpc) is 2.61. The number of rotatable bonds is 6. The molecule has 0 atom stereocenters. The molecular weight excluding hydrogens is 326 g/mol. The second-order valence-electron chi connectivity index (χ2n) is 5.14. The Morgan fingerprint density at radius 3 is 2.38 bits per heavy atom. The molecule has 5 heteroatoms. The fraction of sp³-hybridized carbons (Fsp3) is 0.158. The Morgan fingerprint density at radius 1 is 1.08 bits per heavy atom. The summed E-state index contributed by atoms with van der Waals surface area (Å²) < 4.78 is 4.67. The van der Waals surface area contributed by atoms with Gasteiger partial charge in [0.15, 0.2) is 0 Å². The largest absolute Gasteiger partial charge is 0.468 e. The summed E-state index contributed by atoms with van der Waals surface area (Å²) in [5.41, 5.74) is 1.79. The fourth-order valence-corrected chi connectivity index (χ4v) is 2.21. The lowest BCUT2D eigenvalue weighted by Gasteiger charge is -2.20. The van der Waals surface area contributed by atoms with Crippen molar-refractivity contribution in [1.82, 2.24) is 4.90 Å². The second-order valence-corrected chi connectivity index (χ2v) is 5.58. The number of carbonyl (C=O) groups excluding carboxylic acids is 2. The molecule has 1 amide bonds. The van der Waals surface area contributed by atoms with E-state index >= 15 is 0 Å². The molecule has 0 saturated heterocycles. The van der Waals surface area contributed by atoms with Gasteiger partial charge in [0.2, 0.25) is 5.91 Å². The van der Waals surface area contributed by atoms with Crippen molar-refractivity contribution >= 4 is 29.6 Å². The Bertz CT molecular complexity index is 711. The van der Waals surface area contributed by atoms with Crippen molar-refractivity contribution in [3.8, 4) is 0 Å². The van der Waals surface area contributed by atoms with Gasteiger partial charge in [-0.1, -0.05) is 54.1 Å². The van der Waals surface area contributed by atoms with Crippen molar-refractivity contribution in [3.63, 3.8) is 0 Å². The van der Waals surface area contributed by atoms with E-state index in [2.05, 4.69) is 4.74 Å². The third-order valence-corrected chi connectivity index (χ3v) is 3.62. The van der Waals surface area contributed by atoms with Crippen molar-refractivity contribution in [2.45, 2.75) is 6.54 Å². The first-order valence-corrected chi connectivity index (χ1v) is 7.79. The molecule has 2 rings (SSSR count). The summed E-state index contributed by atoms with van der Waals surface area (Å²) in [6, 6.07) is 16.6. The van der Waals surface area contributed by atoms with Gasteiger partial charge in [-0.05, 0) is 29.3 Å². The lowest BCUT2D eigenvalue weighted by atomic mass is 10.2. The topological polar surface area (TPSA) is 46.6 Å². The van der Waals surface area contributed by atoms with Crippen LogP contribution in [0.1, 0.15) is 11.1 Å². The van der Waals surface area contributed by atoms with Crippen LogP contribution in [0.15, 0.2) is 60.7 Å². The molecule has 0 heterocycles. The molecule has 0 saturated carbocycles. The van der Waals surface area contributed by atoms with Crippen LogP contribution in [0.4, 0.5) is 0 Å². The second kappa shape index (κ2) is 8.89. The maximum Gasteiger partial charge on any atom is 0.325 e. The molecule has 0 radical (unpaired) electrons. The minimum atomic E-state index is -0.467. The average molecular weight is 344 g/mol. The Labute approximate surface area is 146 Å². The van der Waals surface area contributed by atoms with Gasteiger partial charge in [0.1, 0.15) is 6.54 Å². The lowest BCUT2D eigenvalue weighted by molar-refractivity contribution is -0.145. The highest BCUT2D eigenvalue weighted by Gasteiger charge is 2.16. The first kappa shape index (κ1) is 17.8. The summed E-state index contributed by atoms with van der Waals surface area (Å²) in [5, 5.41) is 0.619. The van der Waals surface area contributed by atoms with Crippen molar-refractivity contribution in [3.05, 3.63) is 76.8 Å². The molecule has 0 aliphatic carbocycles. The molecule has 24 heavy (non-hydrogen) atoms. The Morgan fingerprint density at radius 2 is 1.75 bits per heavy atom. The number of nitrogens with zero attached hydrogens (tertiary/aromatic N) is 1. The minimum absolute atomic E-state index is 0.114. The molecule has 0 N–H and O–H groups in total. The molecule has 124 valence electrons. The van der Waals surface area contributed by atoms with Crippen LogP contribution >= 0.6 is 11.6 Å². The van der Waals surface area contributed by atoms with Gasteiger partial charge in [0.05, 0.1) is 7.11 Å². The van der Waals surface area contributed by atoms with Gasteiger partial charge in [-0.2, -0.15) is 0 Å². The van der Waals surface area contributed by atoms with E-state index in [1.807, 2.05) is 42.5 Å². The summed E-state index contributed by atoms with van der Waals surface area (Å²) in [6.45, 7) is 0.182. The number of ether oxygens (including phenoxy) is 1. The van der Waals surface area contributed by atoms with Crippen molar-refractivity contribution < 1.29 is 14.3 Å². The normalized spacial score (nSPS) is 10.6. The highest BCUT2D eigenvalue weighted by atomic mass is 35.5. The molecule has 0 aromatic heterocycles. The van der Waals surface area contributed by atoms with Crippen LogP contribution in [-0.4, -0.2) is 30.4 Å². The Kier molecular flexibility index (Phi) is 6.58. The first-order chi connectivity index (χ1) is 11.6. The molecule has 4 nitrogen and oxygen atoms in total. The van der Waals surface area contributed by atoms with Gasteiger partial charge in [0, 0.05) is 17.6 Å². The van der Waals surface area contributed by atoms with Crippen LogP contribution in [0.2, 0.25) is 5.02 Å². The molecule has 0 aliphatic rings. The maximum atomic E-state index is 12.4. The van der Waals surface area contributed by atoms with E-state index in [-0.39, 0.29) is 12.5 Å². The molecule has 0 unspecified atom stereocenters. The number of methoxy groups -OCH3 is 1. The van der Waals surface area contributed by atoms with E-state index in [9.17, 15) is 9.59 Å². The van der Waals surface area contributed by atoms with E-state index in [1.54, 1.807) is 18.2 Å². The monoisotopic (exact) mass is 343 g/mol. The van der Waals surface area contributed by atoms with Gasteiger partial charge in [-0.25, -0.2) is 0 Å². The van der Waals surface area contributed by atoms with E-state index in [1.165, 1.54) is 18.1 Å². The number of carbonyl (C=O) groups is 2. The molecule has 2 aromatic rings. The molecular formula is C19H18ClNO3. The summed E-state index contributed by atoms with van der Waals surface area (Å²) in [7, 11) is 1.30. The minimum Gasteiger partial charge on any atom is -0.468 e. The zero-order valence-electron chi connectivity index (χ0n) is 13.3. The van der Waals surface area contributed by atoms with Gasteiger partial charge in [-0.3, -0.25) is 9.59 Å². The van der Waals surface area contributed by atoms with Gasteiger partial charge in [-0.15, -0.1) is 0 Å². The van der Waals surface area contributed by atoms with Gasteiger partial charge >= 0.3 is 5.97 Å². The SMILES string of the molecule is COC(=O)CN(Cc1ccc(Cl)cc1)C(=O)C=Cc1ccccc1. The van der Waals surface area contributed by atoms with Crippen LogP contribution < -0.4 is 0 Å². The van der Waals surface area contributed by atoms with E-state index in [0.29, 0.717) is 11.6 Å². The van der Waals surface area contributed by atoms with Gasteiger partial charge in [0.25, 0.3) is 0 Å². The van der Waals surface area contributed by atoms with E-state index in [4.69, 9.17) is 11.6 Å². The fourth-order valence-electron chi connectivity index (χ4n) is 2.08. The summed E-state index contributed by atoms with van der Waals surface area (Å²) >= 11 is 5.87. The standard InChI is InChI=1S/C19H18ClNO3/c1-24-19(23)14-21(13-16-7-10-17(20)11-8-16)18(22)12-9-15-5-3-2-4-6-15/h2-12H,13-14H2,1H3. The maximum absolute atomic E-state index is 12.4. The zero-order valence-corrected chi connectivity index (χ0v) is 14.1. The molecule has 0 aliphatic heterocycles. The third-order valence-electron chi connectivity index (χ3n) is 3.36. The Hall–Kier alpha value is -2.59. The number of halogens is 1. The number of esters is 1. The van der Waals surface area contributed by atoms with Crippen LogP contribution in [0.5, 0.6) is 0 Å². The van der Waals surface area contributed by atoms with Crippen LogP contribution in [0.25, 0.3) is 6.08 Å². The predicted molar refractivity (Wildman–Crippen MR) is 94.4 cm³/mol. The quantitative estimate of drug-likeness (QED) is 0.595. The summed E-state index contributed by atoms with van der Waals surface area (Å²) in [4.78, 5) is 25.5. The number of hydrogen-bond donors (Lipinski definition) is 0. The smallest absolute Gasteiger partial charge is 0.325 e. The van der Waals surface area contributed by atoms with E-state index < -0.39 is 5.97 Å². The molecule has 0 fully saturated rings. The molecule has 2 aromatic carbocycles. The molecule has 0 bridgehead atoms.